The Morgan fingerprint density at radius 2 is 2.07 bits per heavy atom. The second kappa shape index (κ2) is 3.28. The monoisotopic (exact) mass is 197 g/mol. The third-order valence-corrected chi connectivity index (χ3v) is 2.54. The van der Waals surface area contributed by atoms with Crippen molar-refractivity contribution in [2.45, 2.75) is 6.42 Å². The summed E-state index contributed by atoms with van der Waals surface area (Å²) in [5.41, 5.74) is 2.45. The number of imidazole rings is 1. The molecule has 1 aromatic carbocycles. The summed E-state index contributed by atoms with van der Waals surface area (Å²) in [6.07, 6.45) is 6.45. The summed E-state index contributed by atoms with van der Waals surface area (Å²) >= 11 is 0. The predicted molar refractivity (Wildman–Crippen MR) is 59.7 cm³/mol. The van der Waals surface area contributed by atoms with Gasteiger partial charge in [0.2, 0.25) is 0 Å². The Kier molecular flexibility index (Phi) is 1.81. The number of benzene rings is 1. The standard InChI is InChI=1S/C12H11N3/c1-2-11-10(3-4-13-11)7-9(1)8-12-14-5-6-15-12/h1-7,13H,8H2,(H,14,15). The molecule has 0 radical (unpaired) electrons. The third kappa shape index (κ3) is 1.52. The zero-order valence-electron chi connectivity index (χ0n) is 8.20. The number of aromatic amines is 2. The zero-order valence-corrected chi connectivity index (χ0v) is 8.20. The van der Waals surface area contributed by atoms with Gasteiger partial charge in [-0.3, -0.25) is 0 Å². The average Bonchev–Trinajstić information content (AvgIpc) is 2.87. The Morgan fingerprint density at radius 1 is 1.07 bits per heavy atom. The molecule has 0 amide bonds. The van der Waals surface area contributed by atoms with Crippen molar-refractivity contribution in [2.75, 3.05) is 0 Å². The minimum atomic E-state index is 0.855. The number of H-pyrrole nitrogens is 2. The number of aromatic nitrogens is 3. The van der Waals surface area contributed by atoms with Gasteiger partial charge in [-0.2, -0.15) is 0 Å². The number of hydrogen-bond acceptors (Lipinski definition) is 1. The lowest BCUT2D eigenvalue weighted by atomic mass is 10.1. The van der Waals surface area contributed by atoms with Crippen LogP contribution in [-0.4, -0.2) is 15.0 Å². The molecule has 2 heterocycles. The van der Waals surface area contributed by atoms with Crippen LogP contribution in [0.1, 0.15) is 11.4 Å². The molecule has 74 valence electrons. The first kappa shape index (κ1) is 8.29. The van der Waals surface area contributed by atoms with Crippen LogP contribution in [0.4, 0.5) is 0 Å². The second-order valence-electron chi connectivity index (χ2n) is 3.61. The van der Waals surface area contributed by atoms with Crippen molar-refractivity contribution in [3.05, 3.63) is 54.2 Å². The highest BCUT2D eigenvalue weighted by Crippen LogP contribution is 2.15. The quantitative estimate of drug-likeness (QED) is 0.651. The topological polar surface area (TPSA) is 44.5 Å². The Bertz CT molecular complexity index is 563. The predicted octanol–water partition coefficient (Wildman–Crippen LogP) is 2.48. The molecule has 3 rings (SSSR count). The summed E-state index contributed by atoms with van der Waals surface area (Å²) < 4.78 is 0. The third-order valence-electron chi connectivity index (χ3n) is 2.54. The van der Waals surface area contributed by atoms with Crippen molar-refractivity contribution in [1.82, 2.24) is 15.0 Å². The van der Waals surface area contributed by atoms with Gasteiger partial charge in [-0.15, -0.1) is 0 Å². The van der Waals surface area contributed by atoms with Gasteiger partial charge in [0.05, 0.1) is 0 Å². The minimum Gasteiger partial charge on any atom is -0.361 e. The van der Waals surface area contributed by atoms with Crippen LogP contribution in [0.2, 0.25) is 0 Å². The Morgan fingerprint density at radius 3 is 2.93 bits per heavy atom. The molecule has 3 nitrogen and oxygen atoms in total. The highest BCUT2D eigenvalue weighted by Gasteiger charge is 2.00. The van der Waals surface area contributed by atoms with E-state index in [1.807, 2.05) is 12.4 Å². The Labute approximate surface area is 87.2 Å². The molecule has 15 heavy (non-hydrogen) atoms. The van der Waals surface area contributed by atoms with Gasteiger partial charge in [-0.1, -0.05) is 6.07 Å². The Balaban J connectivity index is 1.97. The van der Waals surface area contributed by atoms with E-state index in [0.29, 0.717) is 0 Å². The van der Waals surface area contributed by atoms with E-state index in [0.717, 1.165) is 12.2 Å². The summed E-state index contributed by atoms with van der Waals surface area (Å²) in [7, 11) is 0. The van der Waals surface area contributed by atoms with Gasteiger partial charge in [0, 0.05) is 30.5 Å². The van der Waals surface area contributed by atoms with Crippen LogP contribution in [0.3, 0.4) is 0 Å². The Hall–Kier alpha value is -2.03. The number of nitrogens with one attached hydrogen (secondary N) is 2. The summed E-state index contributed by atoms with van der Waals surface area (Å²) in [6, 6.07) is 8.50. The van der Waals surface area contributed by atoms with Crippen LogP contribution < -0.4 is 0 Å². The smallest absolute Gasteiger partial charge is 0.110 e. The van der Waals surface area contributed by atoms with Crippen molar-refractivity contribution in [3.63, 3.8) is 0 Å². The van der Waals surface area contributed by atoms with Gasteiger partial charge in [0.1, 0.15) is 5.82 Å². The highest BCUT2D eigenvalue weighted by molar-refractivity contribution is 5.79. The maximum absolute atomic E-state index is 4.22. The largest absolute Gasteiger partial charge is 0.361 e. The zero-order chi connectivity index (χ0) is 10.1. The number of fused-ring (bicyclic) bond motifs is 1. The SMILES string of the molecule is c1c[nH]c(Cc2ccc3[nH]ccc3c2)n1. The maximum atomic E-state index is 4.22. The van der Waals surface area contributed by atoms with Crippen molar-refractivity contribution < 1.29 is 0 Å². The minimum absolute atomic E-state index is 0.855. The van der Waals surface area contributed by atoms with Crippen molar-refractivity contribution in [1.29, 1.82) is 0 Å². The van der Waals surface area contributed by atoms with Crippen molar-refractivity contribution in [2.24, 2.45) is 0 Å². The van der Waals surface area contributed by atoms with E-state index in [9.17, 15) is 0 Å². The molecule has 0 bridgehead atoms. The van der Waals surface area contributed by atoms with Crippen molar-refractivity contribution in [3.8, 4) is 0 Å². The van der Waals surface area contributed by atoms with Crippen LogP contribution in [0, 0.1) is 0 Å². The van der Waals surface area contributed by atoms with Gasteiger partial charge in [0.15, 0.2) is 0 Å². The number of nitrogens with zero attached hydrogens (tertiary/aromatic N) is 1. The van der Waals surface area contributed by atoms with E-state index in [1.54, 1.807) is 6.20 Å². The summed E-state index contributed by atoms with van der Waals surface area (Å²) in [4.78, 5) is 10.5. The summed E-state index contributed by atoms with van der Waals surface area (Å²) in [6.45, 7) is 0. The fraction of sp³-hybridized carbons (Fsp3) is 0.0833. The van der Waals surface area contributed by atoms with E-state index in [4.69, 9.17) is 0 Å². The average molecular weight is 197 g/mol. The molecule has 2 N–H and O–H groups in total. The first-order valence-corrected chi connectivity index (χ1v) is 4.96. The van der Waals surface area contributed by atoms with E-state index < -0.39 is 0 Å². The lowest BCUT2D eigenvalue weighted by Crippen LogP contribution is -1.89. The van der Waals surface area contributed by atoms with Gasteiger partial charge in [-0.25, -0.2) is 4.98 Å². The van der Waals surface area contributed by atoms with Gasteiger partial charge in [0.25, 0.3) is 0 Å². The normalized spacial score (nSPS) is 10.9. The summed E-state index contributed by atoms with van der Waals surface area (Å²) in [5.74, 6) is 1.00. The molecule has 0 aliphatic heterocycles. The van der Waals surface area contributed by atoms with Crippen LogP contribution in [-0.2, 0) is 6.42 Å². The fourth-order valence-electron chi connectivity index (χ4n) is 1.80. The molecule has 0 saturated carbocycles. The first-order valence-electron chi connectivity index (χ1n) is 4.96. The molecule has 2 aromatic heterocycles. The van der Waals surface area contributed by atoms with E-state index >= 15 is 0 Å². The van der Waals surface area contributed by atoms with Crippen LogP contribution in [0.5, 0.6) is 0 Å². The molecule has 3 heteroatoms. The van der Waals surface area contributed by atoms with E-state index in [-0.39, 0.29) is 0 Å². The molecular formula is C12H11N3. The summed E-state index contributed by atoms with van der Waals surface area (Å²) in [5, 5.41) is 1.25. The highest BCUT2D eigenvalue weighted by atomic mass is 14.9. The molecule has 0 spiro atoms. The van der Waals surface area contributed by atoms with Gasteiger partial charge in [-0.05, 0) is 29.1 Å². The van der Waals surface area contributed by atoms with E-state index in [1.165, 1.54) is 16.5 Å². The lowest BCUT2D eigenvalue weighted by molar-refractivity contribution is 1.03. The number of rotatable bonds is 2. The van der Waals surface area contributed by atoms with Gasteiger partial charge >= 0.3 is 0 Å². The van der Waals surface area contributed by atoms with Crippen LogP contribution in [0.25, 0.3) is 10.9 Å². The molecular weight excluding hydrogens is 186 g/mol. The fourth-order valence-corrected chi connectivity index (χ4v) is 1.80. The second-order valence-corrected chi connectivity index (χ2v) is 3.61. The number of hydrogen-bond donors (Lipinski definition) is 2. The van der Waals surface area contributed by atoms with E-state index in [2.05, 4.69) is 39.2 Å². The molecule has 0 aliphatic rings. The van der Waals surface area contributed by atoms with Gasteiger partial charge < -0.3 is 9.97 Å². The maximum Gasteiger partial charge on any atom is 0.110 e. The van der Waals surface area contributed by atoms with Crippen LogP contribution >= 0.6 is 0 Å². The molecule has 0 aliphatic carbocycles. The van der Waals surface area contributed by atoms with Crippen molar-refractivity contribution >= 4 is 10.9 Å². The molecule has 0 saturated heterocycles. The molecule has 0 unspecified atom stereocenters. The lowest BCUT2D eigenvalue weighted by Gasteiger charge is -1.98. The molecule has 3 aromatic rings. The first-order chi connectivity index (χ1) is 7.42. The molecule has 0 fully saturated rings. The van der Waals surface area contributed by atoms with Crippen LogP contribution in [0.15, 0.2) is 42.9 Å². The molecule has 0 atom stereocenters.